The lowest BCUT2D eigenvalue weighted by Gasteiger charge is -2.37. The average Bonchev–Trinajstić information content (AvgIpc) is 2.97. The first-order valence-corrected chi connectivity index (χ1v) is 7.75. The fourth-order valence-corrected chi connectivity index (χ4v) is 4.10. The van der Waals surface area contributed by atoms with Crippen LogP contribution >= 0.6 is 0 Å². The molecule has 0 saturated heterocycles. The maximum atomic E-state index is 3.80. The molecular formula is C19H21N. The summed E-state index contributed by atoms with van der Waals surface area (Å²) >= 11 is 0. The first-order chi connectivity index (χ1) is 9.83. The topological polar surface area (TPSA) is 12.0 Å². The van der Waals surface area contributed by atoms with Crippen LogP contribution in [0, 0.1) is 12.8 Å². The first kappa shape index (κ1) is 12.0. The van der Waals surface area contributed by atoms with E-state index in [1.807, 2.05) is 0 Å². The van der Waals surface area contributed by atoms with Gasteiger partial charge in [-0.1, -0.05) is 54.4 Å². The van der Waals surface area contributed by atoms with Crippen molar-refractivity contribution in [1.29, 1.82) is 0 Å². The second kappa shape index (κ2) is 4.66. The molecule has 1 nitrogen and oxygen atoms in total. The van der Waals surface area contributed by atoms with Gasteiger partial charge >= 0.3 is 0 Å². The van der Waals surface area contributed by atoms with Crippen molar-refractivity contribution in [2.24, 2.45) is 5.92 Å². The van der Waals surface area contributed by atoms with Crippen LogP contribution in [0.1, 0.15) is 47.9 Å². The van der Waals surface area contributed by atoms with Gasteiger partial charge in [-0.3, -0.25) is 0 Å². The van der Waals surface area contributed by atoms with Gasteiger partial charge in [0.25, 0.3) is 0 Å². The van der Waals surface area contributed by atoms with Crippen LogP contribution in [0.25, 0.3) is 0 Å². The van der Waals surface area contributed by atoms with Gasteiger partial charge in [0.15, 0.2) is 0 Å². The molecule has 0 amide bonds. The van der Waals surface area contributed by atoms with Crippen molar-refractivity contribution < 1.29 is 0 Å². The minimum absolute atomic E-state index is 0.484. The van der Waals surface area contributed by atoms with Crippen molar-refractivity contribution in [2.75, 3.05) is 5.32 Å². The van der Waals surface area contributed by atoms with Gasteiger partial charge in [0, 0.05) is 5.69 Å². The second-order valence-corrected chi connectivity index (χ2v) is 6.32. The number of benzene rings is 2. The predicted molar refractivity (Wildman–Crippen MR) is 84.1 cm³/mol. The van der Waals surface area contributed by atoms with Gasteiger partial charge < -0.3 is 5.32 Å². The summed E-state index contributed by atoms with van der Waals surface area (Å²) in [6.45, 7) is 2.16. The van der Waals surface area contributed by atoms with E-state index in [0.29, 0.717) is 6.04 Å². The van der Waals surface area contributed by atoms with Crippen molar-refractivity contribution in [3.63, 3.8) is 0 Å². The van der Waals surface area contributed by atoms with Crippen LogP contribution in [-0.2, 0) is 0 Å². The zero-order chi connectivity index (χ0) is 13.5. The Labute approximate surface area is 121 Å². The van der Waals surface area contributed by atoms with E-state index in [1.54, 1.807) is 5.56 Å². The number of rotatable bonds is 1. The molecule has 0 unspecified atom stereocenters. The normalized spacial score (nSPS) is 27.6. The summed E-state index contributed by atoms with van der Waals surface area (Å²) in [4.78, 5) is 0. The number of hydrogen-bond acceptors (Lipinski definition) is 1. The lowest BCUT2D eigenvalue weighted by molar-refractivity contribution is 0.406. The average molecular weight is 263 g/mol. The lowest BCUT2D eigenvalue weighted by Crippen LogP contribution is -2.28. The minimum atomic E-state index is 0.484. The van der Waals surface area contributed by atoms with Crippen molar-refractivity contribution in [3.05, 3.63) is 65.2 Å². The molecule has 1 heteroatoms. The van der Waals surface area contributed by atoms with Crippen LogP contribution in [0.2, 0.25) is 0 Å². The summed E-state index contributed by atoms with van der Waals surface area (Å²) in [6, 6.07) is 18.4. The third-order valence-corrected chi connectivity index (χ3v) is 5.11. The number of hydrogen-bond donors (Lipinski definition) is 1. The molecule has 1 aliphatic heterocycles. The van der Waals surface area contributed by atoms with Crippen LogP contribution in [-0.4, -0.2) is 0 Å². The zero-order valence-corrected chi connectivity index (χ0v) is 12.0. The van der Waals surface area contributed by atoms with E-state index in [4.69, 9.17) is 0 Å². The maximum Gasteiger partial charge on any atom is 0.0547 e. The summed E-state index contributed by atoms with van der Waals surface area (Å²) in [5, 5.41) is 3.80. The van der Waals surface area contributed by atoms with Crippen LogP contribution in [0.3, 0.4) is 0 Å². The molecule has 1 heterocycles. The third kappa shape index (κ3) is 1.84. The predicted octanol–water partition coefficient (Wildman–Crippen LogP) is 5.05. The van der Waals surface area contributed by atoms with E-state index in [-0.39, 0.29) is 0 Å². The number of aryl methyl sites for hydroxylation is 1. The Kier molecular flexibility index (Phi) is 2.80. The molecule has 0 radical (unpaired) electrons. The summed E-state index contributed by atoms with van der Waals surface area (Å²) in [5.74, 6) is 1.51. The molecule has 102 valence electrons. The van der Waals surface area contributed by atoms with E-state index in [2.05, 4.69) is 60.8 Å². The summed E-state index contributed by atoms with van der Waals surface area (Å²) in [7, 11) is 0. The van der Waals surface area contributed by atoms with Crippen molar-refractivity contribution >= 4 is 5.69 Å². The molecule has 4 rings (SSSR count). The summed E-state index contributed by atoms with van der Waals surface area (Å²) in [6.07, 6.45) is 4.07. The van der Waals surface area contributed by atoms with Gasteiger partial charge in [0.1, 0.15) is 0 Å². The Bertz CT molecular complexity index is 614. The van der Waals surface area contributed by atoms with Crippen LogP contribution in [0.4, 0.5) is 5.69 Å². The van der Waals surface area contributed by atoms with Gasteiger partial charge in [-0.15, -0.1) is 0 Å². The van der Waals surface area contributed by atoms with Crippen molar-refractivity contribution in [2.45, 2.75) is 38.1 Å². The summed E-state index contributed by atoms with van der Waals surface area (Å²) in [5.41, 5.74) is 5.68. The monoisotopic (exact) mass is 263 g/mol. The van der Waals surface area contributed by atoms with Crippen LogP contribution < -0.4 is 5.32 Å². The number of anilines is 1. The molecule has 0 aromatic heterocycles. The Morgan fingerprint density at radius 1 is 0.950 bits per heavy atom. The van der Waals surface area contributed by atoms with Gasteiger partial charge in [-0.2, -0.15) is 0 Å². The van der Waals surface area contributed by atoms with E-state index >= 15 is 0 Å². The Morgan fingerprint density at radius 2 is 1.75 bits per heavy atom. The van der Waals surface area contributed by atoms with Crippen molar-refractivity contribution in [1.82, 2.24) is 0 Å². The Morgan fingerprint density at radius 3 is 2.60 bits per heavy atom. The highest BCUT2D eigenvalue weighted by Gasteiger charge is 2.39. The molecule has 1 N–H and O–H groups in total. The molecular weight excluding hydrogens is 242 g/mol. The Hall–Kier alpha value is -1.76. The molecule has 1 saturated carbocycles. The standard InChI is InChI=1S/C19H21N/c1-13-9-11-14(12-10-13)19-17-7-4-6-15(17)16-5-2-3-8-18(16)20-19/h2-3,5,8-12,15,17,19-20H,4,6-7H2,1H3/t15-,17-,19-/m1/s1. The molecule has 3 atom stereocenters. The molecule has 2 aromatic rings. The third-order valence-electron chi connectivity index (χ3n) is 5.11. The van der Waals surface area contributed by atoms with Gasteiger partial charge in [0.05, 0.1) is 6.04 Å². The molecule has 1 aliphatic carbocycles. The lowest BCUT2D eigenvalue weighted by atomic mass is 9.77. The molecule has 1 fully saturated rings. The smallest absolute Gasteiger partial charge is 0.0547 e. The fourth-order valence-electron chi connectivity index (χ4n) is 4.10. The number of fused-ring (bicyclic) bond motifs is 3. The highest BCUT2D eigenvalue weighted by atomic mass is 15.0. The number of nitrogens with one attached hydrogen (secondary N) is 1. The van der Waals surface area contributed by atoms with Crippen molar-refractivity contribution in [3.8, 4) is 0 Å². The maximum absolute atomic E-state index is 3.80. The second-order valence-electron chi connectivity index (χ2n) is 6.32. The van der Waals surface area contributed by atoms with Crippen LogP contribution in [0.5, 0.6) is 0 Å². The minimum Gasteiger partial charge on any atom is -0.378 e. The Balaban J connectivity index is 1.76. The van der Waals surface area contributed by atoms with Gasteiger partial charge in [-0.25, -0.2) is 0 Å². The highest BCUT2D eigenvalue weighted by molar-refractivity contribution is 5.58. The van der Waals surface area contributed by atoms with E-state index in [1.165, 1.54) is 36.1 Å². The summed E-state index contributed by atoms with van der Waals surface area (Å²) < 4.78 is 0. The van der Waals surface area contributed by atoms with Gasteiger partial charge in [0.2, 0.25) is 0 Å². The number of para-hydroxylation sites is 1. The molecule has 0 spiro atoms. The SMILES string of the molecule is Cc1ccc([C@H]2Nc3ccccc3[C@H]3CCC[C@H]32)cc1. The molecule has 2 aromatic carbocycles. The molecule has 20 heavy (non-hydrogen) atoms. The first-order valence-electron chi connectivity index (χ1n) is 7.75. The van der Waals surface area contributed by atoms with E-state index < -0.39 is 0 Å². The molecule has 0 bridgehead atoms. The van der Waals surface area contributed by atoms with Gasteiger partial charge in [-0.05, 0) is 48.8 Å². The largest absolute Gasteiger partial charge is 0.378 e. The highest BCUT2D eigenvalue weighted by Crippen LogP contribution is 2.52. The van der Waals surface area contributed by atoms with Crippen LogP contribution in [0.15, 0.2) is 48.5 Å². The molecule has 2 aliphatic rings. The van der Waals surface area contributed by atoms with E-state index in [0.717, 1.165) is 11.8 Å². The zero-order valence-electron chi connectivity index (χ0n) is 12.0. The quantitative estimate of drug-likeness (QED) is 0.759. The fraction of sp³-hybridized carbons (Fsp3) is 0.368. The van der Waals surface area contributed by atoms with E-state index in [9.17, 15) is 0 Å².